The highest BCUT2D eigenvalue weighted by atomic mass is 19.1. The predicted molar refractivity (Wildman–Crippen MR) is 67.1 cm³/mol. The van der Waals surface area contributed by atoms with Gasteiger partial charge in [0.2, 0.25) is 0 Å². The second-order valence-electron chi connectivity index (χ2n) is 4.08. The molecular formula is C13H18FNO3. The molecule has 0 aliphatic heterocycles. The molecule has 0 bridgehead atoms. The fourth-order valence-electron chi connectivity index (χ4n) is 1.73. The normalized spacial score (nSPS) is 10.4. The third kappa shape index (κ3) is 3.70. The number of anilines is 1. The first-order chi connectivity index (χ1) is 8.60. The zero-order chi connectivity index (χ0) is 13.5. The lowest BCUT2D eigenvalue weighted by molar-refractivity contribution is -0.135. The quantitative estimate of drug-likeness (QED) is 0.782. The lowest BCUT2D eigenvalue weighted by atomic mass is 10.1. The van der Waals surface area contributed by atoms with Gasteiger partial charge in [-0.25, -0.2) is 4.39 Å². The van der Waals surface area contributed by atoms with Gasteiger partial charge in [-0.05, 0) is 12.5 Å². The highest BCUT2D eigenvalue weighted by molar-refractivity contribution is 5.74. The van der Waals surface area contributed by atoms with E-state index in [1.165, 1.54) is 17.0 Å². The van der Waals surface area contributed by atoms with Crippen LogP contribution in [-0.2, 0) is 11.4 Å². The van der Waals surface area contributed by atoms with E-state index in [0.29, 0.717) is 6.54 Å². The Kier molecular flexibility index (Phi) is 5.58. The molecule has 0 aliphatic rings. The van der Waals surface area contributed by atoms with E-state index < -0.39 is 18.4 Å². The number of halogens is 1. The van der Waals surface area contributed by atoms with Gasteiger partial charge in [-0.3, -0.25) is 4.79 Å². The molecule has 5 heteroatoms. The van der Waals surface area contributed by atoms with E-state index in [2.05, 4.69) is 0 Å². The molecule has 18 heavy (non-hydrogen) atoms. The summed E-state index contributed by atoms with van der Waals surface area (Å²) in [5.41, 5.74) is 0.414. The van der Waals surface area contributed by atoms with Crippen molar-refractivity contribution in [3.8, 4) is 0 Å². The molecule has 0 aromatic heterocycles. The third-order valence-corrected chi connectivity index (χ3v) is 2.68. The Morgan fingerprint density at radius 3 is 2.72 bits per heavy atom. The summed E-state index contributed by atoms with van der Waals surface area (Å²) in [5.74, 6) is -1.54. The summed E-state index contributed by atoms with van der Waals surface area (Å²) in [6, 6.07) is 4.63. The molecule has 0 spiro atoms. The molecule has 0 unspecified atom stereocenters. The average Bonchev–Trinajstić information content (AvgIpc) is 2.34. The van der Waals surface area contributed by atoms with Crippen LogP contribution in [0.2, 0.25) is 0 Å². The number of aliphatic carboxylic acids is 1. The van der Waals surface area contributed by atoms with Crippen molar-refractivity contribution in [1.29, 1.82) is 0 Å². The lowest BCUT2D eigenvalue weighted by Crippen LogP contribution is -2.31. The number of hydrogen-bond donors (Lipinski definition) is 2. The summed E-state index contributed by atoms with van der Waals surface area (Å²) in [5, 5.41) is 17.9. The lowest BCUT2D eigenvalue weighted by Gasteiger charge is -2.23. The molecular weight excluding hydrogens is 237 g/mol. The average molecular weight is 255 g/mol. The van der Waals surface area contributed by atoms with Crippen LogP contribution < -0.4 is 4.90 Å². The van der Waals surface area contributed by atoms with Crippen molar-refractivity contribution in [2.45, 2.75) is 26.4 Å². The number of aliphatic hydroxyl groups excluding tert-OH is 1. The summed E-state index contributed by atoms with van der Waals surface area (Å²) >= 11 is 0. The van der Waals surface area contributed by atoms with E-state index in [9.17, 15) is 9.18 Å². The van der Waals surface area contributed by atoms with Gasteiger partial charge in [-0.15, -0.1) is 0 Å². The van der Waals surface area contributed by atoms with Gasteiger partial charge in [-0.2, -0.15) is 0 Å². The monoisotopic (exact) mass is 255 g/mol. The maximum Gasteiger partial charge on any atom is 0.323 e. The van der Waals surface area contributed by atoms with Gasteiger partial charge in [0, 0.05) is 12.1 Å². The minimum atomic E-state index is -1.00. The van der Waals surface area contributed by atoms with Crippen LogP contribution in [0.1, 0.15) is 25.3 Å². The summed E-state index contributed by atoms with van der Waals surface area (Å²) in [6.45, 7) is 1.83. The van der Waals surface area contributed by atoms with Crippen molar-refractivity contribution in [1.82, 2.24) is 0 Å². The topological polar surface area (TPSA) is 60.8 Å². The van der Waals surface area contributed by atoms with Crippen molar-refractivity contribution in [2.75, 3.05) is 18.0 Å². The number of rotatable bonds is 7. The van der Waals surface area contributed by atoms with Crippen molar-refractivity contribution < 1.29 is 19.4 Å². The van der Waals surface area contributed by atoms with Crippen LogP contribution in [0, 0.1) is 5.82 Å². The van der Waals surface area contributed by atoms with E-state index in [4.69, 9.17) is 10.2 Å². The Labute approximate surface area is 106 Å². The van der Waals surface area contributed by atoms with Crippen LogP contribution in [0.15, 0.2) is 18.2 Å². The van der Waals surface area contributed by atoms with Gasteiger partial charge in [-0.1, -0.05) is 25.5 Å². The molecule has 0 amide bonds. The number of carbonyl (C=O) groups is 1. The van der Waals surface area contributed by atoms with Gasteiger partial charge in [0.05, 0.1) is 12.3 Å². The first-order valence-electron chi connectivity index (χ1n) is 5.95. The Bertz CT molecular complexity index is 409. The highest BCUT2D eigenvalue weighted by Crippen LogP contribution is 2.22. The van der Waals surface area contributed by atoms with E-state index in [0.717, 1.165) is 12.8 Å². The van der Waals surface area contributed by atoms with E-state index in [1.807, 2.05) is 6.92 Å². The van der Waals surface area contributed by atoms with Gasteiger partial charge < -0.3 is 15.1 Å². The number of hydrogen-bond acceptors (Lipinski definition) is 3. The number of nitrogens with zero attached hydrogens (tertiary/aromatic N) is 1. The fourth-order valence-corrected chi connectivity index (χ4v) is 1.73. The Hall–Kier alpha value is -1.62. The van der Waals surface area contributed by atoms with Gasteiger partial charge in [0.25, 0.3) is 0 Å². The molecule has 1 rings (SSSR count). The molecule has 0 radical (unpaired) electrons. The highest BCUT2D eigenvalue weighted by Gasteiger charge is 2.16. The van der Waals surface area contributed by atoms with Crippen LogP contribution in [-0.4, -0.2) is 29.3 Å². The standard InChI is InChI=1S/C13H18FNO3/c1-2-3-7-15(8-12(17)18)11-6-4-5-10(9-16)13(11)14/h4-6,16H,2-3,7-9H2,1H3,(H,17,18). The van der Waals surface area contributed by atoms with Crippen molar-refractivity contribution >= 4 is 11.7 Å². The smallest absolute Gasteiger partial charge is 0.323 e. The minimum Gasteiger partial charge on any atom is -0.480 e. The fraction of sp³-hybridized carbons (Fsp3) is 0.462. The van der Waals surface area contributed by atoms with Crippen molar-refractivity contribution in [2.24, 2.45) is 0 Å². The molecule has 0 atom stereocenters. The van der Waals surface area contributed by atoms with E-state index in [1.54, 1.807) is 6.07 Å². The number of unbranched alkanes of at least 4 members (excludes halogenated alkanes) is 1. The first kappa shape index (κ1) is 14.4. The predicted octanol–water partition coefficient (Wildman–Crippen LogP) is 2.01. The SMILES string of the molecule is CCCCN(CC(=O)O)c1cccc(CO)c1F. The van der Waals surface area contributed by atoms with Gasteiger partial charge in [0.1, 0.15) is 6.54 Å². The molecule has 2 N–H and O–H groups in total. The first-order valence-corrected chi connectivity index (χ1v) is 5.95. The second kappa shape index (κ2) is 6.96. The van der Waals surface area contributed by atoms with Crippen molar-refractivity contribution in [3.63, 3.8) is 0 Å². The molecule has 0 saturated heterocycles. The van der Waals surface area contributed by atoms with Gasteiger partial charge >= 0.3 is 5.97 Å². The van der Waals surface area contributed by atoms with E-state index in [-0.39, 0.29) is 17.8 Å². The number of benzene rings is 1. The Balaban J connectivity index is 2.99. The molecule has 0 aliphatic carbocycles. The number of carboxylic acids is 1. The van der Waals surface area contributed by atoms with Crippen molar-refractivity contribution in [3.05, 3.63) is 29.6 Å². The largest absolute Gasteiger partial charge is 0.480 e. The zero-order valence-corrected chi connectivity index (χ0v) is 10.4. The summed E-state index contributed by atoms with van der Waals surface area (Å²) in [7, 11) is 0. The summed E-state index contributed by atoms with van der Waals surface area (Å²) in [6.07, 6.45) is 1.69. The molecule has 1 aromatic carbocycles. The van der Waals surface area contributed by atoms with Crippen LogP contribution in [0.25, 0.3) is 0 Å². The third-order valence-electron chi connectivity index (χ3n) is 2.68. The maximum atomic E-state index is 14.0. The molecule has 4 nitrogen and oxygen atoms in total. The molecule has 1 aromatic rings. The molecule has 0 saturated carbocycles. The molecule has 100 valence electrons. The van der Waals surface area contributed by atoms with Crippen LogP contribution in [0.3, 0.4) is 0 Å². The molecule has 0 fully saturated rings. The van der Waals surface area contributed by atoms with Crippen LogP contribution in [0.4, 0.5) is 10.1 Å². The van der Waals surface area contributed by atoms with Crippen LogP contribution in [0.5, 0.6) is 0 Å². The summed E-state index contributed by atoms with van der Waals surface area (Å²) < 4.78 is 14.0. The van der Waals surface area contributed by atoms with E-state index >= 15 is 0 Å². The Morgan fingerprint density at radius 1 is 1.44 bits per heavy atom. The van der Waals surface area contributed by atoms with Gasteiger partial charge in [0.15, 0.2) is 5.82 Å². The second-order valence-corrected chi connectivity index (χ2v) is 4.08. The number of carboxylic acid groups (broad SMARTS) is 1. The molecule has 0 heterocycles. The Morgan fingerprint density at radius 2 is 2.17 bits per heavy atom. The zero-order valence-electron chi connectivity index (χ0n) is 10.4. The maximum absolute atomic E-state index is 14.0. The minimum absolute atomic E-state index is 0.180. The summed E-state index contributed by atoms with van der Waals surface area (Å²) in [4.78, 5) is 12.3. The number of aliphatic hydroxyl groups is 1. The van der Waals surface area contributed by atoms with Crippen LogP contribution >= 0.6 is 0 Å².